The summed E-state index contributed by atoms with van der Waals surface area (Å²) in [6.45, 7) is 3.02. The Bertz CT molecular complexity index is 479. The zero-order valence-corrected chi connectivity index (χ0v) is 13.4. The van der Waals surface area contributed by atoms with E-state index in [1.54, 1.807) is 12.1 Å². The van der Waals surface area contributed by atoms with Crippen LogP contribution in [0, 0.1) is 16.0 Å². The Morgan fingerprint density at radius 2 is 2.15 bits per heavy atom. The van der Waals surface area contributed by atoms with Gasteiger partial charge in [-0.2, -0.15) is 0 Å². The maximum absolute atomic E-state index is 10.9. The van der Waals surface area contributed by atoms with Crippen LogP contribution in [0.4, 0.5) is 5.69 Å². The van der Waals surface area contributed by atoms with Crippen molar-refractivity contribution < 1.29 is 4.92 Å². The molecule has 0 bridgehead atoms. The highest BCUT2D eigenvalue weighted by atomic mass is 79.9. The molecule has 0 spiro atoms. The molecule has 5 heteroatoms. The number of nitro groups is 1. The van der Waals surface area contributed by atoms with Crippen LogP contribution in [0.15, 0.2) is 22.7 Å². The fourth-order valence-corrected chi connectivity index (χ4v) is 3.15. The SMILES string of the molecule is CC1CCCC(NCc2ccc(Br)c([N+](=O)[O-])c2)CC1. The highest BCUT2D eigenvalue weighted by Crippen LogP contribution is 2.26. The van der Waals surface area contributed by atoms with E-state index in [4.69, 9.17) is 0 Å². The highest BCUT2D eigenvalue weighted by molar-refractivity contribution is 9.10. The molecule has 1 aliphatic carbocycles. The Hall–Kier alpha value is -0.940. The van der Waals surface area contributed by atoms with Gasteiger partial charge in [0.25, 0.3) is 5.69 Å². The van der Waals surface area contributed by atoms with Crippen LogP contribution in [0.25, 0.3) is 0 Å². The van der Waals surface area contributed by atoms with Gasteiger partial charge < -0.3 is 5.32 Å². The molecule has 2 rings (SSSR count). The number of halogens is 1. The largest absolute Gasteiger partial charge is 0.310 e. The van der Waals surface area contributed by atoms with E-state index >= 15 is 0 Å². The van der Waals surface area contributed by atoms with Gasteiger partial charge in [0.1, 0.15) is 0 Å². The molecular weight excluding hydrogens is 320 g/mol. The number of hydrogen-bond acceptors (Lipinski definition) is 3. The number of nitro benzene ring substituents is 1. The van der Waals surface area contributed by atoms with Crippen molar-refractivity contribution in [1.82, 2.24) is 5.32 Å². The minimum atomic E-state index is -0.346. The Morgan fingerprint density at radius 1 is 1.35 bits per heavy atom. The molecule has 110 valence electrons. The summed E-state index contributed by atoms with van der Waals surface area (Å²) in [6, 6.07) is 5.88. The van der Waals surface area contributed by atoms with Crippen LogP contribution in [-0.4, -0.2) is 11.0 Å². The first-order valence-corrected chi connectivity index (χ1v) is 8.01. The van der Waals surface area contributed by atoms with Crippen molar-refractivity contribution in [1.29, 1.82) is 0 Å². The standard InChI is InChI=1S/C15H21BrN2O2/c1-11-3-2-4-13(7-5-11)17-10-12-6-8-14(16)15(9-12)18(19)20/h6,8-9,11,13,17H,2-5,7,10H2,1H3. The highest BCUT2D eigenvalue weighted by Gasteiger charge is 2.16. The van der Waals surface area contributed by atoms with E-state index in [0.29, 0.717) is 17.1 Å². The first-order valence-electron chi connectivity index (χ1n) is 7.22. The number of hydrogen-bond donors (Lipinski definition) is 1. The lowest BCUT2D eigenvalue weighted by Crippen LogP contribution is -2.27. The van der Waals surface area contributed by atoms with Crippen molar-refractivity contribution in [3.8, 4) is 0 Å². The molecule has 1 aliphatic rings. The molecule has 1 aromatic rings. The molecule has 4 nitrogen and oxygen atoms in total. The number of nitrogens with one attached hydrogen (secondary N) is 1. The second-order valence-electron chi connectivity index (χ2n) is 5.73. The lowest BCUT2D eigenvalue weighted by molar-refractivity contribution is -0.385. The van der Waals surface area contributed by atoms with Crippen LogP contribution in [0.2, 0.25) is 0 Å². The third kappa shape index (κ3) is 4.28. The van der Waals surface area contributed by atoms with Crippen LogP contribution in [-0.2, 0) is 6.54 Å². The van der Waals surface area contributed by atoms with Gasteiger partial charge in [-0.1, -0.05) is 25.8 Å². The fraction of sp³-hybridized carbons (Fsp3) is 0.600. The van der Waals surface area contributed by atoms with E-state index < -0.39 is 0 Å². The number of nitrogens with zero attached hydrogens (tertiary/aromatic N) is 1. The first kappa shape index (κ1) is 15.4. The van der Waals surface area contributed by atoms with Crippen LogP contribution < -0.4 is 5.32 Å². The van der Waals surface area contributed by atoms with Gasteiger partial charge >= 0.3 is 0 Å². The van der Waals surface area contributed by atoms with Crippen LogP contribution in [0.3, 0.4) is 0 Å². The summed E-state index contributed by atoms with van der Waals surface area (Å²) in [4.78, 5) is 10.6. The summed E-state index contributed by atoms with van der Waals surface area (Å²) in [7, 11) is 0. The monoisotopic (exact) mass is 340 g/mol. The van der Waals surface area contributed by atoms with E-state index in [-0.39, 0.29) is 10.6 Å². The van der Waals surface area contributed by atoms with Gasteiger partial charge in [-0.3, -0.25) is 10.1 Å². The van der Waals surface area contributed by atoms with Gasteiger partial charge in [0.2, 0.25) is 0 Å². The molecular formula is C15H21BrN2O2. The van der Waals surface area contributed by atoms with Gasteiger partial charge in [-0.25, -0.2) is 0 Å². The normalized spacial score (nSPS) is 23.3. The van der Waals surface area contributed by atoms with Crippen molar-refractivity contribution in [3.05, 3.63) is 38.3 Å². The average Bonchev–Trinajstić information content (AvgIpc) is 2.62. The van der Waals surface area contributed by atoms with E-state index in [1.807, 2.05) is 6.07 Å². The lowest BCUT2D eigenvalue weighted by Gasteiger charge is -2.16. The zero-order valence-electron chi connectivity index (χ0n) is 11.8. The quantitative estimate of drug-likeness (QED) is 0.501. The van der Waals surface area contributed by atoms with Gasteiger partial charge in [0.15, 0.2) is 0 Å². The second-order valence-corrected chi connectivity index (χ2v) is 6.59. The Balaban J connectivity index is 1.93. The predicted molar refractivity (Wildman–Crippen MR) is 83.7 cm³/mol. The topological polar surface area (TPSA) is 55.2 Å². The first-order chi connectivity index (χ1) is 9.56. The van der Waals surface area contributed by atoms with Crippen molar-refractivity contribution >= 4 is 21.6 Å². The number of benzene rings is 1. The molecule has 2 atom stereocenters. The average molecular weight is 341 g/mol. The van der Waals surface area contributed by atoms with E-state index in [9.17, 15) is 10.1 Å². The van der Waals surface area contributed by atoms with Gasteiger partial charge in [-0.05, 0) is 52.7 Å². The van der Waals surface area contributed by atoms with E-state index in [1.165, 1.54) is 32.1 Å². The van der Waals surface area contributed by atoms with Crippen LogP contribution in [0.1, 0.15) is 44.6 Å². The summed E-state index contributed by atoms with van der Waals surface area (Å²) < 4.78 is 0.537. The predicted octanol–water partition coefficient (Wildman–Crippen LogP) is 4.42. The van der Waals surface area contributed by atoms with Crippen molar-refractivity contribution in [2.75, 3.05) is 0 Å². The molecule has 1 saturated carbocycles. The Labute approximate surface area is 128 Å². The summed E-state index contributed by atoms with van der Waals surface area (Å²) in [5.41, 5.74) is 1.11. The van der Waals surface area contributed by atoms with Crippen molar-refractivity contribution in [2.24, 2.45) is 5.92 Å². The molecule has 0 radical (unpaired) electrons. The fourth-order valence-electron chi connectivity index (χ4n) is 2.76. The lowest BCUT2D eigenvalue weighted by atomic mass is 10.0. The smallest absolute Gasteiger partial charge is 0.283 e. The van der Waals surface area contributed by atoms with Gasteiger partial charge in [0.05, 0.1) is 9.40 Å². The minimum absolute atomic E-state index is 0.138. The van der Waals surface area contributed by atoms with Crippen molar-refractivity contribution in [2.45, 2.75) is 51.6 Å². The molecule has 0 aromatic heterocycles. The Morgan fingerprint density at radius 3 is 2.90 bits per heavy atom. The molecule has 1 N–H and O–H groups in total. The Kier molecular flexibility index (Phi) is 5.54. The second kappa shape index (κ2) is 7.18. The number of rotatable bonds is 4. The third-order valence-electron chi connectivity index (χ3n) is 4.06. The summed E-state index contributed by atoms with van der Waals surface area (Å²) >= 11 is 3.21. The zero-order chi connectivity index (χ0) is 14.5. The molecule has 0 heterocycles. The molecule has 0 saturated heterocycles. The molecule has 20 heavy (non-hydrogen) atoms. The summed E-state index contributed by atoms with van der Waals surface area (Å²) in [5, 5.41) is 14.5. The van der Waals surface area contributed by atoms with Crippen LogP contribution in [0.5, 0.6) is 0 Å². The molecule has 1 fully saturated rings. The van der Waals surface area contributed by atoms with Gasteiger partial charge in [0, 0.05) is 18.7 Å². The molecule has 0 aliphatic heterocycles. The maximum Gasteiger partial charge on any atom is 0.283 e. The van der Waals surface area contributed by atoms with Crippen molar-refractivity contribution in [3.63, 3.8) is 0 Å². The molecule has 2 unspecified atom stereocenters. The minimum Gasteiger partial charge on any atom is -0.310 e. The van der Waals surface area contributed by atoms with Crippen LogP contribution >= 0.6 is 15.9 Å². The molecule has 1 aromatic carbocycles. The van der Waals surface area contributed by atoms with E-state index in [0.717, 1.165) is 11.5 Å². The maximum atomic E-state index is 10.9. The summed E-state index contributed by atoms with van der Waals surface area (Å²) in [6.07, 6.45) is 6.29. The third-order valence-corrected chi connectivity index (χ3v) is 4.73. The summed E-state index contributed by atoms with van der Waals surface area (Å²) in [5.74, 6) is 0.829. The van der Waals surface area contributed by atoms with E-state index in [2.05, 4.69) is 28.2 Å². The molecule has 0 amide bonds. The van der Waals surface area contributed by atoms with Gasteiger partial charge in [-0.15, -0.1) is 0 Å².